The first-order valence-corrected chi connectivity index (χ1v) is 9.18. The molecule has 0 amide bonds. The predicted molar refractivity (Wildman–Crippen MR) is 104 cm³/mol. The number of rotatable bonds is 4. The average molecular weight is 363 g/mol. The maximum Gasteiger partial charge on any atom is 0.133 e. The van der Waals surface area contributed by atoms with Gasteiger partial charge in [-0.25, -0.2) is 14.6 Å². The van der Waals surface area contributed by atoms with Gasteiger partial charge in [-0.3, -0.25) is 4.90 Å². The molecule has 0 saturated heterocycles. The molecule has 4 rings (SSSR count). The van der Waals surface area contributed by atoms with Gasteiger partial charge in [-0.2, -0.15) is 5.10 Å². The Labute approximate surface area is 159 Å². The predicted octanol–water partition coefficient (Wildman–Crippen LogP) is 3.48. The third kappa shape index (κ3) is 3.57. The van der Waals surface area contributed by atoms with Crippen LogP contribution >= 0.6 is 0 Å². The molecular weight excluding hydrogens is 338 g/mol. The Kier molecular flexibility index (Phi) is 4.44. The van der Waals surface area contributed by atoms with Crippen molar-refractivity contribution in [2.75, 3.05) is 7.11 Å². The molecule has 3 heterocycles. The highest BCUT2D eigenvalue weighted by atomic mass is 16.5. The van der Waals surface area contributed by atoms with Gasteiger partial charge in [0.25, 0.3) is 0 Å². The van der Waals surface area contributed by atoms with Gasteiger partial charge in [-0.15, -0.1) is 0 Å². The third-order valence-corrected chi connectivity index (χ3v) is 4.82. The van der Waals surface area contributed by atoms with Crippen LogP contribution in [-0.4, -0.2) is 31.8 Å². The molecule has 1 aliphatic heterocycles. The van der Waals surface area contributed by atoms with E-state index in [1.54, 1.807) is 13.3 Å². The summed E-state index contributed by atoms with van der Waals surface area (Å²) in [6, 6.07) is 8.05. The molecule has 6 nitrogen and oxygen atoms in total. The van der Waals surface area contributed by atoms with Crippen LogP contribution in [0.2, 0.25) is 0 Å². The fourth-order valence-corrected chi connectivity index (χ4v) is 3.38. The van der Waals surface area contributed by atoms with Crippen molar-refractivity contribution < 1.29 is 4.74 Å². The SMILES string of the molecule is COc1ccc(-n2cccn2)c(CN2Cc3cnc(C(C)(C)C)nc3C2)c1. The maximum atomic E-state index is 5.44. The van der Waals surface area contributed by atoms with Gasteiger partial charge in [0.05, 0.1) is 18.5 Å². The van der Waals surface area contributed by atoms with E-state index in [0.717, 1.165) is 42.6 Å². The van der Waals surface area contributed by atoms with Crippen molar-refractivity contribution in [1.82, 2.24) is 24.6 Å². The highest BCUT2D eigenvalue weighted by Crippen LogP contribution is 2.28. The van der Waals surface area contributed by atoms with E-state index in [1.165, 1.54) is 11.1 Å². The van der Waals surface area contributed by atoms with Gasteiger partial charge >= 0.3 is 0 Å². The van der Waals surface area contributed by atoms with E-state index in [-0.39, 0.29) is 5.41 Å². The van der Waals surface area contributed by atoms with E-state index >= 15 is 0 Å². The zero-order valence-electron chi connectivity index (χ0n) is 16.3. The summed E-state index contributed by atoms with van der Waals surface area (Å²) in [4.78, 5) is 11.8. The Morgan fingerprint density at radius 2 is 2.04 bits per heavy atom. The van der Waals surface area contributed by atoms with Crippen LogP contribution in [0.1, 0.15) is 43.4 Å². The van der Waals surface area contributed by atoms with Gasteiger partial charge in [0.1, 0.15) is 11.6 Å². The average Bonchev–Trinajstić information content (AvgIpc) is 3.29. The Balaban J connectivity index is 1.60. The molecule has 6 heteroatoms. The van der Waals surface area contributed by atoms with Gasteiger partial charge in [0.15, 0.2) is 0 Å². The maximum absolute atomic E-state index is 5.44. The quantitative estimate of drug-likeness (QED) is 0.710. The summed E-state index contributed by atoms with van der Waals surface area (Å²) >= 11 is 0. The molecule has 0 atom stereocenters. The van der Waals surface area contributed by atoms with Crippen molar-refractivity contribution in [2.45, 2.75) is 45.8 Å². The Morgan fingerprint density at radius 3 is 2.74 bits per heavy atom. The second-order valence-corrected chi connectivity index (χ2v) is 8.01. The molecule has 0 saturated carbocycles. The molecule has 0 spiro atoms. The van der Waals surface area contributed by atoms with Crippen molar-refractivity contribution in [1.29, 1.82) is 0 Å². The van der Waals surface area contributed by atoms with Crippen LogP contribution in [0.3, 0.4) is 0 Å². The smallest absolute Gasteiger partial charge is 0.133 e. The van der Waals surface area contributed by atoms with Crippen LogP contribution in [0.15, 0.2) is 42.9 Å². The molecule has 0 N–H and O–H groups in total. The van der Waals surface area contributed by atoms with Crippen LogP contribution in [0.5, 0.6) is 5.75 Å². The molecular formula is C21H25N5O. The first-order chi connectivity index (χ1) is 12.9. The van der Waals surface area contributed by atoms with E-state index in [9.17, 15) is 0 Å². The van der Waals surface area contributed by atoms with E-state index in [1.807, 2.05) is 29.2 Å². The van der Waals surface area contributed by atoms with Crippen molar-refractivity contribution in [2.24, 2.45) is 0 Å². The first-order valence-electron chi connectivity index (χ1n) is 9.18. The van der Waals surface area contributed by atoms with Crippen LogP contribution in [0, 0.1) is 0 Å². The van der Waals surface area contributed by atoms with E-state index in [2.05, 4.69) is 47.9 Å². The minimum Gasteiger partial charge on any atom is -0.497 e. The lowest BCUT2D eigenvalue weighted by atomic mass is 9.95. The summed E-state index contributed by atoms with van der Waals surface area (Å²) in [5.74, 6) is 1.76. The third-order valence-electron chi connectivity index (χ3n) is 4.82. The fourth-order valence-electron chi connectivity index (χ4n) is 3.38. The number of ether oxygens (including phenoxy) is 1. The minimum absolute atomic E-state index is 0.0392. The highest BCUT2D eigenvalue weighted by Gasteiger charge is 2.25. The number of benzene rings is 1. The van der Waals surface area contributed by atoms with Gasteiger partial charge in [-0.1, -0.05) is 20.8 Å². The number of hydrogen-bond acceptors (Lipinski definition) is 5. The lowest BCUT2D eigenvalue weighted by Crippen LogP contribution is -2.18. The van der Waals surface area contributed by atoms with Crippen molar-refractivity contribution in [3.63, 3.8) is 0 Å². The summed E-state index contributed by atoms with van der Waals surface area (Å²) in [7, 11) is 1.70. The first kappa shape index (κ1) is 17.7. The summed E-state index contributed by atoms with van der Waals surface area (Å²) in [6.45, 7) is 8.93. The Bertz CT molecular complexity index is 944. The summed E-state index contributed by atoms with van der Waals surface area (Å²) in [6.07, 6.45) is 5.75. The lowest BCUT2D eigenvalue weighted by molar-refractivity contribution is 0.273. The molecule has 0 radical (unpaired) electrons. The molecule has 0 unspecified atom stereocenters. The second kappa shape index (κ2) is 6.78. The number of fused-ring (bicyclic) bond motifs is 1. The zero-order chi connectivity index (χ0) is 19.0. The zero-order valence-corrected chi connectivity index (χ0v) is 16.3. The monoisotopic (exact) mass is 363 g/mol. The van der Waals surface area contributed by atoms with Crippen LogP contribution in [-0.2, 0) is 25.0 Å². The minimum atomic E-state index is -0.0392. The van der Waals surface area contributed by atoms with Crippen molar-refractivity contribution >= 4 is 0 Å². The summed E-state index contributed by atoms with van der Waals surface area (Å²) in [5, 5.41) is 4.39. The van der Waals surface area contributed by atoms with Crippen LogP contribution < -0.4 is 4.74 Å². The number of nitrogens with zero attached hydrogens (tertiary/aromatic N) is 5. The van der Waals surface area contributed by atoms with Gasteiger partial charge in [-0.05, 0) is 29.8 Å². The van der Waals surface area contributed by atoms with Gasteiger partial charge < -0.3 is 4.74 Å². The number of methoxy groups -OCH3 is 1. The van der Waals surface area contributed by atoms with Crippen molar-refractivity contribution in [3.8, 4) is 11.4 Å². The molecule has 3 aromatic rings. The largest absolute Gasteiger partial charge is 0.497 e. The van der Waals surface area contributed by atoms with Crippen LogP contribution in [0.4, 0.5) is 0 Å². The Hall–Kier alpha value is -2.73. The van der Waals surface area contributed by atoms with E-state index in [0.29, 0.717) is 0 Å². The number of aromatic nitrogens is 4. The van der Waals surface area contributed by atoms with Crippen molar-refractivity contribution in [3.05, 3.63) is 65.5 Å². The van der Waals surface area contributed by atoms with Gasteiger partial charge in [0, 0.05) is 49.2 Å². The molecule has 0 fully saturated rings. The standard InChI is InChI=1S/C21H25N5O/c1-21(2,3)20-22-11-16-13-25(14-18(16)24-20)12-15-10-17(27-4)6-7-19(15)26-9-5-8-23-26/h5-11H,12-14H2,1-4H3. The lowest BCUT2D eigenvalue weighted by Gasteiger charge is -2.18. The molecule has 1 aromatic carbocycles. The second-order valence-electron chi connectivity index (χ2n) is 8.01. The summed E-state index contributed by atoms with van der Waals surface area (Å²) in [5.41, 5.74) is 4.56. The molecule has 0 bridgehead atoms. The molecule has 1 aliphatic rings. The molecule has 140 valence electrons. The van der Waals surface area contributed by atoms with E-state index in [4.69, 9.17) is 9.72 Å². The molecule has 0 aliphatic carbocycles. The Morgan fingerprint density at radius 1 is 1.19 bits per heavy atom. The topological polar surface area (TPSA) is 56.1 Å². The summed E-state index contributed by atoms with van der Waals surface area (Å²) < 4.78 is 7.33. The van der Waals surface area contributed by atoms with Gasteiger partial charge in [0.2, 0.25) is 0 Å². The van der Waals surface area contributed by atoms with E-state index < -0.39 is 0 Å². The molecule has 2 aromatic heterocycles. The fraction of sp³-hybridized carbons (Fsp3) is 0.381. The highest BCUT2D eigenvalue weighted by molar-refractivity contribution is 5.45. The number of hydrogen-bond donors (Lipinski definition) is 0. The van der Waals surface area contributed by atoms with Crippen LogP contribution in [0.25, 0.3) is 5.69 Å². The molecule has 27 heavy (non-hydrogen) atoms. The normalized spacial score (nSPS) is 14.4.